The first kappa shape index (κ1) is 22.4. The van der Waals surface area contributed by atoms with Crippen molar-refractivity contribution in [1.82, 2.24) is 4.90 Å². The molecule has 0 aliphatic carbocycles. The first-order chi connectivity index (χ1) is 14.5. The van der Waals surface area contributed by atoms with Crippen molar-refractivity contribution in [1.29, 1.82) is 0 Å². The van der Waals surface area contributed by atoms with E-state index >= 15 is 0 Å². The van der Waals surface area contributed by atoms with Crippen molar-refractivity contribution in [2.24, 2.45) is 0 Å². The van der Waals surface area contributed by atoms with Gasteiger partial charge in [0.2, 0.25) is 0 Å². The normalized spacial score (nSPS) is 15.0. The number of carbonyl (C=O) groups excluding carboxylic acids is 2. The number of imide groups is 1. The Hall–Kier alpha value is -2.26. The molecular weight excluding hydrogens is 513 g/mol. The molecule has 1 aliphatic heterocycles. The quantitative estimate of drug-likeness (QED) is 0.248. The van der Waals surface area contributed by atoms with E-state index < -0.39 is 0 Å². The second kappa shape index (κ2) is 10.2. The summed E-state index contributed by atoms with van der Waals surface area (Å²) in [6.07, 6.45) is 4.11. The van der Waals surface area contributed by atoms with Crippen LogP contribution in [0.2, 0.25) is 0 Å². The molecule has 7 heteroatoms. The van der Waals surface area contributed by atoms with Gasteiger partial charge in [-0.1, -0.05) is 18.2 Å². The van der Waals surface area contributed by atoms with Crippen LogP contribution < -0.4 is 9.47 Å². The lowest BCUT2D eigenvalue weighted by atomic mass is 10.0. The zero-order valence-electron chi connectivity index (χ0n) is 16.8. The van der Waals surface area contributed by atoms with Crippen LogP contribution in [0.3, 0.4) is 0 Å². The smallest absolute Gasteiger partial charge is 0.293 e. The van der Waals surface area contributed by atoms with Gasteiger partial charge < -0.3 is 9.47 Å². The number of methoxy groups -OCH3 is 1. The van der Waals surface area contributed by atoms with Gasteiger partial charge in [-0.15, -0.1) is 6.58 Å². The van der Waals surface area contributed by atoms with E-state index in [9.17, 15) is 9.59 Å². The molecule has 2 aromatic carbocycles. The highest BCUT2D eigenvalue weighted by Gasteiger charge is 2.35. The van der Waals surface area contributed by atoms with Crippen LogP contribution in [0.15, 0.2) is 54.0 Å². The van der Waals surface area contributed by atoms with E-state index in [1.807, 2.05) is 43.3 Å². The van der Waals surface area contributed by atoms with E-state index in [1.54, 1.807) is 19.3 Å². The Morgan fingerprint density at radius 3 is 2.57 bits per heavy atom. The second-order valence-corrected chi connectivity index (χ2v) is 8.77. The standard InChI is InChI=1S/C23H22INO4S/c1-4-6-17-11-16(12-19(29-5-2)21(17)28-3)13-20-22(26)25(23(27)30-20)14-15-7-9-18(24)10-8-15/h4,7-13H,1,5-6,14H2,2-3H3/b20-13+. The van der Waals surface area contributed by atoms with Crippen LogP contribution in [-0.2, 0) is 17.8 Å². The Bertz CT molecular complexity index is 1000. The number of rotatable bonds is 8. The highest BCUT2D eigenvalue weighted by molar-refractivity contribution is 14.1. The average Bonchev–Trinajstić information content (AvgIpc) is 2.97. The van der Waals surface area contributed by atoms with Crippen molar-refractivity contribution in [3.8, 4) is 11.5 Å². The molecular formula is C23H22INO4S. The van der Waals surface area contributed by atoms with Gasteiger partial charge in [0.25, 0.3) is 11.1 Å². The molecule has 156 valence electrons. The minimum Gasteiger partial charge on any atom is -0.493 e. The molecule has 1 fully saturated rings. The average molecular weight is 535 g/mol. The van der Waals surface area contributed by atoms with Gasteiger partial charge in [0, 0.05) is 9.13 Å². The molecule has 0 saturated carbocycles. The third-order valence-corrected chi connectivity index (χ3v) is 6.07. The maximum absolute atomic E-state index is 12.9. The molecule has 0 radical (unpaired) electrons. The Balaban J connectivity index is 1.90. The summed E-state index contributed by atoms with van der Waals surface area (Å²) in [7, 11) is 1.60. The molecule has 1 heterocycles. The van der Waals surface area contributed by atoms with Gasteiger partial charge in [-0.2, -0.15) is 0 Å². The van der Waals surface area contributed by atoms with Gasteiger partial charge in [0.15, 0.2) is 11.5 Å². The lowest BCUT2D eigenvalue weighted by molar-refractivity contribution is -0.123. The van der Waals surface area contributed by atoms with Crippen LogP contribution in [0.1, 0.15) is 23.6 Å². The highest BCUT2D eigenvalue weighted by atomic mass is 127. The topological polar surface area (TPSA) is 55.8 Å². The fraction of sp³-hybridized carbons (Fsp3) is 0.217. The van der Waals surface area contributed by atoms with Gasteiger partial charge in [0.1, 0.15) is 0 Å². The van der Waals surface area contributed by atoms with Crippen molar-refractivity contribution in [2.45, 2.75) is 19.9 Å². The molecule has 3 rings (SSSR count). The van der Waals surface area contributed by atoms with E-state index in [-0.39, 0.29) is 17.7 Å². The molecule has 1 saturated heterocycles. The molecule has 5 nitrogen and oxygen atoms in total. The summed E-state index contributed by atoms with van der Waals surface area (Å²) in [6, 6.07) is 11.5. The van der Waals surface area contributed by atoms with Crippen LogP contribution in [0.25, 0.3) is 6.08 Å². The summed E-state index contributed by atoms with van der Waals surface area (Å²) in [4.78, 5) is 27.0. The van der Waals surface area contributed by atoms with E-state index in [4.69, 9.17) is 9.47 Å². The molecule has 0 unspecified atom stereocenters. The molecule has 0 spiro atoms. The first-order valence-electron chi connectivity index (χ1n) is 9.41. The zero-order chi connectivity index (χ0) is 21.7. The number of benzene rings is 2. The summed E-state index contributed by atoms with van der Waals surface area (Å²) < 4.78 is 12.3. The number of hydrogen-bond donors (Lipinski definition) is 0. The predicted molar refractivity (Wildman–Crippen MR) is 129 cm³/mol. The summed E-state index contributed by atoms with van der Waals surface area (Å²) >= 11 is 3.17. The first-order valence-corrected chi connectivity index (χ1v) is 11.3. The summed E-state index contributed by atoms with van der Waals surface area (Å²) in [5.41, 5.74) is 2.59. The van der Waals surface area contributed by atoms with E-state index in [0.29, 0.717) is 29.4 Å². The molecule has 0 N–H and O–H groups in total. The van der Waals surface area contributed by atoms with Crippen molar-refractivity contribution < 1.29 is 19.1 Å². The molecule has 0 atom stereocenters. The van der Waals surface area contributed by atoms with Crippen molar-refractivity contribution >= 4 is 51.6 Å². The number of thioether (sulfide) groups is 1. The van der Waals surface area contributed by atoms with Crippen LogP contribution in [0.5, 0.6) is 11.5 Å². The number of hydrogen-bond acceptors (Lipinski definition) is 5. The molecule has 1 aliphatic rings. The van der Waals surface area contributed by atoms with E-state index in [0.717, 1.165) is 32.0 Å². The van der Waals surface area contributed by atoms with Gasteiger partial charge in [-0.25, -0.2) is 0 Å². The summed E-state index contributed by atoms with van der Waals surface area (Å²) in [5, 5.41) is -0.269. The molecule has 0 aromatic heterocycles. The van der Waals surface area contributed by atoms with Crippen molar-refractivity contribution in [3.63, 3.8) is 0 Å². The minimum absolute atomic E-state index is 0.257. The third-order valence-electron chi connectivity index (χ3n) is 4.45. The Morgan fingerprint density at radius 2 is 1.93 bits per heavy atom. The number of allylic oxidation sites excluding steroid dienone is 1. The van der Waals surface area contributed by atoms with Crippen LogP contribution in [-0.4, -0.2) is 29.8 Å². The monoisotopic (exact) mass is 535 g/mol. The Labute approximate surface area is 194 Å². The van der Waals surface area contributed by atoms with Crippen LogP contribution in [0, 0.1) is 3.57 Å². The predicted octanol–water partition coefficient (Wildman–Crippen LogP) is 5.66. The SMILES string of the molecule is C=CCc1cc(/C=C2/SC(=O)N(Cc3ccc(I)cc3)C2=O)cc(OCC)c1OC. The highest BCUT2D eigenvalue weighted by Crippen LogP contribution is 2.37. The fourth-order valence-electron chi connectivity index (χ4n) is 3.13. The molecule has 2 aromatic rings. The van der Waals surface area contributed by atoms with Crippen molar-refractivity contribution in [3.05, 3.63) is 74.2 Å². The number of amides is 2. The Morgan fingerprint density at radius 1 is 1.20 bits per heavy atom. The summed E-state index contributed by atoms with van der Waals surface area (Å²) in [6.45, 7) is 6.44. The largest absolute Gasteiger partial charge is 0.493 e. The maximum atomic E-state index is 12.9. The Kier molecular flexibility index (Phi) is 7.60. The number of carbonyl (C=O) groups is 2. The van der Waals surface area contributed by atoms with Gasteiger partial charge in [0.05, 0.1) is 25.2 Å². The number of halogens is 1. The van der Waals surface area contributed by atoms with Crippen molar-refractivity contribution in [2.75, 3.05) is 13.7 Å². The number of nitrogens with zero attached hydrogens (tertiary/aromatic N) is 1. The minimum atomic E-state index is -0.289. The zero-order valence-corrected chi connectivity index (χ0v) is 19.8. The van der Waals surface area contributed by atoms with E-state index in [1.165, 1.54) is 4.90 Å². The van der Waals surface area contributed by atoms with Crippen LogP contribution >= 0.6 is 34.4 Å². The molecule has 2 amide bonds. The lowest BCUT2D eigenvalue weighted by Crippen LogP contribution is -2.27. The van der Waals surface area contributed by atoms with Crippen LogP contribution in [0.4, 0.5) is 4.79 Å². The summed E-state index contributed by atoms with van der Waals surface area (Å²) in [5.74, 6) is 0.965. The fourth-order valence-corrected chi connectivity index (χ4v) is 4.33. The maximum Gasteiger partial charge on any atom is 0.293 e. The van der Waals surface area contributed by atoms with Gasteiger partial charge >= 0.3 is 0 Å². The molecule has 30 heavy (non-hydrogen) atoms. The lowest BCUT2D eigenvalue weighted by Gasteiger charge is -2.14. The van der Waals surface area contributed by atoms with Gasteiger partial charge in [-0.3, -0.25) is 14.5 Å². The third kappa shape index (κ3) is 5.07. The van der Waals surface area contributed by atoms with Gasteiger partial charge in [-0.05, 0) is 89.2 Å². The number of ether oxygens (including phenoxy) is 2. The molecule has 0 bridgehead atoms. The van der Waals surface area contributed by atoms with E-state index in [2.05, 4.69) is 29.2 Å². The second-order valence-electron chi connectivity index (χ2n) is 6.53.